The Morgan fingerprint density at radius 3 is 2.53 bits per heavy atom. The van der Waals surface area contributed by atoms with E-state index in [0.29, 0.717) is 6.04 Å². The number of halogens is 1. The summed E-state index contributed by atoms with van der Waals surface area (Å²) in [6.45, 7) is 7.05. The molecule has 0 saturated carbocycles. The van der Waals surface area contributed by atoms with Gasteiger partial charge >= 0.3 is 0 Å². The van der Waals surface area contributed by atoms with E-state index in [0.717, 1.165) is 11.6 Å². The minimum atomic E-state index is 0.456. The first-order chi connectivity index (χ1) is 9.29. The predicted octanol–water partition coefficient (Wildman–Crippen LogP) is 3.87. The molecule has 1 N–H and O–H groups in total. The number of benzene rings is 1. The fraction of sp³-hybridized carbons (Fsp3) is 0.625. The Morgan fingerprint density at radius 2 is 1.89 bits per heavy atom. The zero-order valence-electron chi connectivity index (χ0n) is 11.9. The monoisotopic (exact) mass is 280 g/mol. The normalized spacial score (nSPS) is 17.8. The zero-order chi connectivity index (χ0) is 13.5. The van der Waals surface area contributed by atoms with E-state index < -0.39 is 0 Å². The largest absolute Gasteiger partial charge is 0.310 e. The van der Waals surface area contributed by atoms with Gasteiger partial charge in [0.05, 0.1) is 0 Å². The maximum atomic E-state index is 5.97. The van der Waals surface area contributed by atoms with Gasteiger partial charge in [0.1, 0.15) is 0 Å². The van der Waals surface area contributed by atoms with E-state index in [1.165, 1.54) is 50.9 Å². The molecular formula is C16H25ClN2. The lowest BCUT2D eigenvalue weighted by molar-refractivity contribution is 0.310. The lowest BCUT2D eigenvalue weighted by Gasteiger charge is -2.22. The van der Waals surface area contributed by atoms with Crippen molar-refractivity contribution in [1.29, 1.82) is 0 Å². The fourth-order valence-electron chi connectivity index (χ4n) is 2.72. The molecule has 1 aromatic rings. The zero-order valence-corrected chi connectivity index (χ0v) is 12.6. The Bertz CT molecular complexity index is 358. The smallest absolute Gasteiger partial charge is 0.0406 e. The third-order valence-corrected chi connectivity index (χ3v) is 4.10. The van der Waals surface area contributed by atoms with Crippen LogP contribution in [0.5, 0.6) is 0 Å². The van der Waals surface area contributed by atoms with Crippen molar-refractivity contribution >= 4 is 11.6 Å². The quantitative estimate of drug-likeness (QED) is 0.816. The van der Waals surface area contributed by atoms with Crippen molar-refractivity contribution in [2.75, 3.05) is 26.2 Å². The van der Waals surface area contributed by atoms with E-state index in [-0.39, 0.29) is 0 Å². The van der Waals surface area contributed by atoms with Crippen LogP contribution in [0.3, 0.4) is 0 Å². The second-order valence-electron chi connectivity index (χ2n) is 5.40. The third kappa shape index (κ3) is 4.79. The molecule has 1 unspecified atom stereocenters. The van der Waals surface area contributed by atoms with E-state index in [1.807, 2.05) is 12.1 Å². The summed E-state index contributed by atoms with van der Waals surface area (Å²) in [6.07, 6.45) is 5.09. The average molecular weight is 281 g/mol. The highest BCUT2D eigenvalue weighted by atomic mass is 35.5. The highest BCUT2D eigenvalue weighted by Gasteiger charge is 2.15. The van der Waals surface area contributed by atoms with Crippen molar-refractivity contribution < 1.29 is 0 Å². The van der Waals surface area contributed by atoms with Crippen LogP contribution in [-0.2, 0) is 0 Å². The van der Waals surface area contributed by atoms with Gasteiger partial charge in [0, 0.05) is 11.1 Å². The molecule has 1 fully saturated rings. The van der Waals surface area contributed by atoms with Gasteiger partial charge in [-0.05, 0) is 69.6 Å². The summed E-state index contributed by atoms with van der Waals surface area (Å²) in [6, 6.07) is 8.75. The molecule has 0 bridgehead atoms. The maximum absolute atomic E-state index is 5.97. The van der Waals surface area contributed by atoms with E-state index in [2.05, 4.69) is 29.3 Å². The molecule has 1 atom stereocenters. The Hall–Kier alpha value is -0.570. The summed E-state index contributed by atoms with van der Waals surface area (Å²) in [5.74, 6) is 0. The van der Waals surface area contributed by atoms with Crippen molar-refractivity contribution in [3.63, 3.8) is 0 Å². The van der Waals surface area contributed by atoms with Crippen molar-refractivity contribution in [3.8, 4) is 0 Å². The van der Waals surface area contributed by atoms with E-state index in [9.17, 15) is 0 Å². The van der Waals surface area contributed by atoms with Gasteiger partial charge in [0.2, 0.25) is 0 Å². The number of nitrogens with zero attached hydrogens (tertiary/aromatic N) is 1. The SMILES string of the molecule is CCCNC(CCN1CCCC1)c1ccc(Cl)cc1. The molecule has 2 nitrogen and oxygen atoms in total. The molecular weight excluding hydrogens is 256 g/mol. The topological polar surface area (TPSA) is 15.3 Å². The fourth-order valence-corrected chi connectivity index (χ4v) is 2.84. The lowest BCUT2D eigenvalue weighted by Crippen LogP contribution is -2.28. The second-order valence-corrected chi connectivity index (χ2v) is 5.83. The molecule has 106 valence electrons. The summed E-state index contributed by atoms with van der Waals surface area (Å²) in [7, 11) is 0. The van der Waals surface area contributed by atoms with Gasteiger partial charge in [-0.1, -0.05) is 30.7 Å². The van der Waals surface area contributed by atoms with Crippen molar-refractivity contribution in [1.82, 2.24) is 10.2 Å². The second kappa shape index (κ2) is 7.88. The molecule has 19 heavy (non-hydrogen) atoms. The molecule has 1 aliphatic rings. The summed E-state index contributed by atoms with van der Waals surface area (Å²) < 4.78 is 0. The number of likely N-dealkylation sites (tertiary alicyclic amines) is 1. The van der Waals surface area contributed by atoms with Crippen LogP contribution >= 0.6 is 11.6 Å². The van der Waals surface area contributed by atoms with Gasteiger partial charge in [0.25, 0.3) is 0 Å². The van der Waals surface area contributed by atoms with Gasteiger partial charge < -0.3 is 10.2 Å². The van der Waals surface area contributed by atoms with Gasteiger partial charge in [-0.2, -0.15) is 0 Å². The van der Waals surface area contributed by atoms with Gasteiger partial charge in [-0.3, -0.25) is 0 Å². The predicted molar refractivity (Wildman–Crippen MR) is 82.8 cm³/mol. The summed E-state index contributed by atoms with van der Waals surface area (Å²) in [4.78, 5) is 2.58. The van der Waals surface area contributed by atoms with E-state index >= 15 is 0 Å². The van der Waals surface area contributed by atoms with Crippen molar-refractivity contribution in [3.05, 3.63) is 34.9 Å². The number of hydrogen-bond donors (Lipinski definition) is 1. The standard InChI is InChI=1S/C16H25ClN2/c1-2-10-18-16(9-13-19-11-3-4-12-19)14-5-7-15(17)8-6-14/h5-8,16,18H,2-4,9-13H2,1H3. The van der Waals surface area contributed by atoms with E-state index in [4.69, 9.17) is 11.6 Å². The molecule has 0 aromatic heterocycles. The third-order valence-electron chi connectivity index (χ3n) is 3.85. The summed E-state index contributed by atoms with van der Waals surface area (Å²) in [5, 5.41) is 4.48. The number of nitrogens with one attached hydrogen (secondary N) is 1. The molecule has 0 radical (unpaired) electrons. The molecule has 3 heteroatoms. The van der Waals surface area contributed by atoms with Crippen molar-refractivity contribution in [2.45, 2.75) is 38.6 Å². The maximum Gasteiger partial charge on any atom is 0.0406 e. The summed E-state index contributed by atoms with van der Waals surface area (Å²) >= 11 is 5.97. The van der Waals surface area contributed by atoms with Crippen molar-refractivity contribution in [2.24, 2.45) is 0 Å². The molecule has 1 aromatic carbocycles. The van der Waals surface area contributed by atoms with Crippen LogP contribution in [0.15, 0.2) is 24.3 Å². The Labute approximate surface area is 122 Å². The molecule has 0 amide bonds. The lowest BCUT2D eigenvalue weighted by atomic mass is 10.0. The van der Waals surface area contributed by atoms with Crippen LogP contribution in [0, 0.1) is 0 Å². The molecule has 1 aliphatic heterocycles. The first kappa shape index (κ1) is 14.8. The Balaban J connectivity index is 1.91. The van der Waals surface area contributed by atoms with Crippen LogP contribution < -0.4 is 5.32 Å². The van der Waals surface area contributed by atoms with Gasteiger partial charge in [-0.15, -0.1) is 0 Å². The Morgan fingerprint density at radius 1 is 1.21 bits per heavy atom. The van der Waals surface area contributed by atoms with Crippen LogP contribution in [0.2, 0.25) is 5.02 Å². The number of rotatable bonds is 7. The van der Waals surface area contributed by atoms with Crippen LogP contribution in [0.4, 0.5) is 0 Å². The average Bonchev–Trinajstić information content (AvgIpc) is 2.93. The van der Waals surface area contributed by atoms with Crippen LogP contribution in [0.25, 0.3) is 0 Å². The molecule has 1 saturated heterocycles. The van der Waals surface area contributed by atoms with Crippen LogP contribution in [-0.4, -0.2) is 31.1 Å². The number of hydrogen-bond acceptors (Lipinski definition) is 2. The minimum absolute atomic E-state index is 0.456. The summed E-state index contributed by atoms with van der Waals surface area (Å²) in [5.41, 5.74) is 1.36. The molecule has 2 rings (SSSR count). The molecule has 0 spiro atoms. The molecule has 1 heterocycles. The molecule has 0 aliphatic carbocycles. The highest BCUT2D eigenvalue weighted by Crippen LogP contribution is 2.21. The minimum Gasteiger partial charge on any atom is -0.310 e. The van der Waals surface area contributed by atoms with Gasteiger partial charge in [0.15, 0.2) is 0 Å². The van der Waals surface area contributed by atoms with Crippen LogP contribution in [0.1, 0.15) is 44.2 Å². The Kier molecular flexibility index (Phi) is 6.15. The first-order valence-corrected chi connectivity index (χ1v) is 7.88. The van der Waals surface area contributed by atoms with Gasteiger partial charge in [-0.25, -0.2) is 0 Å². The highest BCUT2D eigenvalue weighted by molar-refractivity contribution is 6.30. The first-order valence-electron chi connectivity index (χ1n) is 7.51. The van der Waals surface area contributed by atoms with E-state index in [1.54, 1.807) is 0 Å².